The molecule has 2 heteroatoms. The molecule has 0 radical (unpaired) electrons. The smallest absolute Gasteiger partial charge is 0.141 e. The summed E-state index contributed by atoms with van der Waals surface area (Å²) in [5, 5.41) is 13.0. The molecule has 82 valence electrons. The van der Waals surface area contributed by atoms with Gasteiger partial charge in [-0.1, -0.05) is 42.5 Å². The number of phenolic OH excluding ortho intramolecular Hbond substituents is 1. The van der Waals surface area contributed by atoms with E-state index in [9.17, 15) is 5.11 Å². The lowest BCUT2D eigenvalue weighted by molar-refractivity contribution is 0.473. The standard InChI is InChI=1S/C14H15NO/c1-11-6-5-9-13(14(11)16)15-10-12-7-3-2-4-8-12/h2-9,15-16H,10H2,1H3. The Morgan fingerprint density at radius 1 is 1.00 bits per heavy atom. The first-order valence-corrected chi connectivity index (χ1v) is 5.34. The highest BCUT2D eigenvalue weighted by molar-refractivity contribution is 5.59. The normalized spacial score (nSPS) is 10.1. The Morgan fingerprint density at radius 3 is 2.50 bits per heavy atom. The molecular formula is C14H15NO. The molecule has 0 heterocycles. The van der Waals surface area contributed by atoms with Crippen molar-refractivity contribution in [1.82, 2.24) is 0 Å². The molecule has 0 aliphatic rings. The van der Waals surface area contributed by atoms with Gasteiger partial charge >= 0.3 is 0 Å². The van der Waals surface area contributed by atoms with E-state index in [0.717, 1.165) is 17.8 Å². The van der Waals surface area contributed by atoms with Gasteiger partial charge in [0.25, 0.3) is 0 Å². The molecule has 0 aliphatic carbocycles. The predicted molar refractivity (Wildman–Crippen MR) is 66.6 cm³/mol. The second-order valence-electron chi connectivity index (χ2n) is 3.81. The van der Waals surface area contributed by atoms with Crippen molar-refractivity contribution in [2.75, 3.05) is 5.32 Å². The van der Waals surface area contributed by atoms with E-state index in [1.165, 1.54) is 5.56 Å². The summed E-state index contributed by atoms with van der Waals surface area (Å²) < 4.78 is 0. The van der Waals surface area contributed by atoms with Crippen LogP contribution in [-0.4, -0.2) is 5.11 Å². The Kier molecular flexibility index (Phi) is 3.10. The number of benzene rings is 2. The van der Waals surface area contributed by atoms with Crippen LogP contribution in [0.2, 0.25) is 0 Å². The summed E-state index contributed by atoms with van der Waals surface area (Å²) in [5.41, 5.74) is 2.87. The fourth-order valence-corrected chi connectivity index (χ4v) is 1.59. The van der Waals surface area contributed by atoms with Crippen molar-refractivity contribution >= 4 is 5.69 Å². The van der Waals surface area contributed by atoms with Gasteiger partial charge in [0.1, 0.15) is 5.75 Å². The number of phenols is 1. The molecule has 0 fully saturated rings. The number of hydrogen-bond acceptors (Lipinski definition) is 2. The van der Waals surface area contributed by atoms with Crippen molar-refractivity contribution in [1.29, 1.82) is 0 Å². The lowest BCUT2D eigenvalue weighted by Gasteiger charge is -2.09. The summed E-state index contributed by atoms with van der Waals surface area (Å²) in [4.78, 5) is 0. The highest BCUT2D eigenvalue weighted by Crippen LogP contribution is 2.26. The third kappa shape index (κ3) is 2.34. The monoisotopic (exact) mass is 213 g/mol. The van der Waals surface area contributed by atoms with Gasteiger partial charge in [-0.3, -0.25) is 0 Å². The summed E-state index contributed by atoms with van der Waals surface area (Å²) >= 11 is 0. The molecule has 0 saturated carbocycles. The fraction of sp³-hybridized carbons (Fsp3) is 0.143. The Bertz CT molecular complexity index is 465. The summed E-state index contributed by atoms with van der Waals surface area (Å²) in [6.45, 7) is 2.61. The van der Waals surface area contributed by atoms with E-state index >= 15 is 0 Å². The Labute approximate surface area is 95.6 Å². The average Bonchev–Trinajstić information content (AvgIpc) is 2.32. The summed E-state index contributed by atoms with van der Waals surface area (Å²) in [5.74, 6) is 0.332. The topological polar surface area (TPSA) is 32.3 Å². The maximum absolute atomic E-state index is 9.81. The summed E-state index contributed by atoms with van der Waals surface area (Å²) in [7, 11) is 0. The van der Waals surface area contributed by atoms with Gasteiger partial charge in [0.2, 0.25) is 0 Å². The predicted octanol–water partition coefficient (Wildman–Crippen LogP) is 3.31. The number of hydrogen-bond donors (Lipinski definition) is 2. The van der Waals surface area contributed by atoms with Crippen LogP contribution < -0.4 is 5.32 Å². The van der Waals surface area contributed by atoms with Crippen LogP contribution in [0.25, 0.3) is 0 Å². The zero-order chi connectivity index (χ0) is 11.4. The van der Waals surface area contributed by atoms with Crippen molar-refractivity contribution in [3.8, 4) is 5.75 Å². The molecule has 0 unspecified atom stereocenters. The minimum Gasteiger partial charge on any atom is -0.506 e. The second kappa shape index (κ2) is 4.71. The molecule has 2 rings (SSSR count). The Morgan fingerprint density at radius 2 is 1.75 bits per heavy atom. The summed E-state index contributed by atoms with van der Waals surface area (Å²) in [6.07, 6.45) is 0. The fourth-order valence-electron chi connectivity index (χ4n) is 1.59. The van der Waals surface area contributed by atoms with Crippen LogP contribution in [0.4, 0.5) is 5.69 Å². The molecular weight excluding hydrogens is 198 g/mol. The van der Waals surface area contributed by atoms with E-state index in [-0.39, 0.29) is 0 Å². The minimum absolute atomic E-state index is 0.332. The molecule has 2 aromatic carbocycles. The van der Waals surface area contributed by atoms with Gasteiger partial charge in [0, 0.05) is 6.54 Å². The molecule has 0 atom stereocenters. The largest absolute Gasteiger partial charge is 0.506 e. The maximum Gasteiger partial charge on any atom is 0.141 e. The molecule has 2 aromatic rings. The van der Waals surface area contributed by atoms with Crippen LogP contribution in [-0.2, 0) is 6.54 Å². The number of nitrogens with one attached hydrogen (secondary N) is 1. The summed E-state index contributed by atoms with van der Waals surface area (Å²) in [6, 6.07) is 15.8. The first-order chi connectivity index (χ1) is 7.77. The molecule has 0 amide bonds. The van der Waals surface area contributed by atoms with Gasteiger partial charge in [0.15, 0.2) is 0 Å². The third-order valence-corrected chi connectivity index (χ3v) is 2.56. The van der Waals surface area contributed by atoms with Crippen molar-refractivity contribution in [3.63, 3.8) is 0 Å². The highest BCUT2D eigenvalue weighted by Gasteiger charge is 2.02. The molecule has 2 N–H and O–H groups in total. The van der Waals surface area contributed by atoms with Crippen LogP contribution in [0.3, 0.4) is 0 Å². The van der Waals surface area contributed by atoms with Crippen LogP contribution >= 0.6 is 0 Å². The average molecular weight is 213 g/mol. The highest BCUT2D eigenvalue weighted by atomic mass is 16.3. The van der Waals surface area contributed by atoms with Crippen LogP contribution in [0.1, 0.15) is 11.1 Å². The second-order valence-corrected chi connectivity index (χ2v) is 3.81. The first kappa shape index (κ1) is 10.6. The number of aryl methyl sites for hydroxylation is 1. The Hall–Kier alpha value is -1.96. The van der Waals surface area contributed by atoms with E-state index in [0.29, 0.717) is 5.75 Å². The SMILES string of the molecule is Cc1cccc(NCc2ccccc2)c1O. The van der Waals surface area contributed by atoms with Crippen LogP contribution in [0, 0.1) is 6.92 Å². The molecule has 0 aromatic heterocycles. The van der Waals surface area contributed by atoms with Gasteiger partial charge in [-0.15, -0.1) is 0 Å². The van der Waals surface area contributed by atoms with Gasteiger partial charge in [0.05, 0.1) is 5.69 Å². The van der Waals surface area contributed by atoms with Crippen LogP contribution in [0.15, 0.2) is 48.5 Å². The van der Waals surface area contributed by atoms with Gasteiger partial charge in [-0.2, -0.15) is 0 Å². The quantitative estimate of drug-likeness (QED) is 0.767. The third-order valence-electron chi connectivity index (χ3n) is 2.56. The van der Waals surface area contributed by atoms with Crippen LogP contribution in [0.5, 0.6) is 5.75 Å². The zero-order valence-electron chi connectivity index (χ0n) is 9.27. The molecule has 0 saturated heterocycles. The molecule has 0 aliphatic heterocycles. The van der Waals surface area contributed by atoms with E-state index < -0.39 is 0 Å². The minimum atomic E-state index is 0.332. The van der Waals surface area contributed by atoms with Gasteiger partial charge < -0.3 is 10.4 Å². The number of rotatable bonds is 3. The van der Waals surface area contributed by atoms with Crippen molar-refractivity contribution in [3.05, 3.63) is 59.7 Å². The molecule has 0 bridgehead atoms. The number of para-hydroxylation sites is 1. The van der Waals surface area contributed by atoms with Crippen molar-refractivity contribution < 1.29 is 5.11 Å². The van der Waals surface area contributed by atoms with E-state index in [1.54, 1.807) is 0 Å². The number of aromatic hydroxyl groups is 1. The van der Waals surface area contributed by atoms with Crippen molar-refractivity contribution in [2.45, 2.75) is 13.5 Å². The zero-order valence-corrected chi connectivity index (χ0v) is 9.27. The molecule has 0 spiro atoms. The molecule has 16 heavy (non-hydrogen) atoms. The molecule has 2 nitrogen and oxygen atoms in total. The van der Waals surface area contributed by atoms with Gasteiger partial charge in [-0.25, -0.2) is 0 Å². The van der Waals surface area contributed by atoms with Crippen molar-refractivity contribution in [2.24, 2.45) is 0 Å². The first-order valence-electron chi connectivity index (χ1n) is 5.34. The Balaban J connectivity index is 2.08. The van der Waals surface area contributed by atoms with E-state index in [1.807, 2.05) is 43.3 Å². The lowest BCUT2D eigenvalue weighted by atomic mass is 10.2. The number of anilines is 1. The maximum atomic E-state index is 9.81. The van der Waals surface area contributed by atoms with Gasteiger partial charge in [-0.05, 0) is 24.1 Å². The lowest BCUT2D eigenvalue weighted by Crippen LogP contribution is -1.99. The van der Waals surface area contributed by atoms with E-state index in [2.05, 4.69) is 17.4 Å². The van der Waals surface area contributed by atoms with E-state index in [4.69, 9.17) is 0 Å².